The zero-order valence-corrected chi connectivity index (χ0v) is 18.5. The summed E-state index contributed by atoms with van der Waals surface area (Å²) in [7, 11) is 3.06. The second-order valence-corrected chi connectivity index (χ2v) is 7.42. The van der Waals surface area contributed by atoms with Gasteiger partial charge in [0.15, 0.2) is 0 Å². The fourth-order valence-corrected chi connectivity index (χ4v) is 3.77. The van der Waals surface area contributed by atoms with Gasteiger partial charge in [0.2, 0.25) is 0 Å². The van der Waals surface area contributed by atoms with Crippen molar-refractivity contribution in [2.75, 3.05) is 45.8 Å². The lowest BCUT2D eigenvalue weighted by Crippen LogP contribution is -2.38. The molecule has 1 aliphatic rings. The number of hydrogen-bond donors (Lipinski definition) is 2. The molecule has 0 saturated carbocycles. The van der Waals surface area contributed by atoms with Crippen LogP contribution in [0.5, 0.6) is 0 Å². The minimum Gasteiger partial charge on any atom is -0.399 e. The molecule has 0 bridgehead atoms. The molecule has 2 aromatic rings. The number of anilines is 1. The average molecular weight is 438 g/mol. The molecular weight excluding hydrogens is 410 g/mol. The summed E-state index contributed by atoms with van der Waals surface area (Å²) in [6.45, 7) is 2.95. The Hall–Kier alpha value is -3.48. The zero-order valence-electron chi connectivity index (χ0n) is 18.5. The van der Waals surface area contributed by atoms with Gasteiger partial charge in [-0.15, -0.1) is 0 Å². The third-order valence-electron chi connectivity index (χ3n) is 5.41. The molecule has 3 rings (SSSR count). The van der Waals surface area contributed by atoms with Crippen LogP contribution in [0.25, 0.3) is 11.1 Å². The summed E-state index contributed by atoms with van der Waals surface area (Å²) in [5.41, 5.74) is 4.01. The van der Waals surface area contributed by atoms with Crippen molar-refractivity contribution in [3.63, 3.8) is 0 Å². The number of oxime groups is 1. The van der Waals surface area contributed by atoms with Crippen molar-refractivity contribution < 1.29 is 19.5 Å². The number of amides is 1. The molecule has 32 heavy (non-hydrogen) atoms. The van der Waals surface area contributed by atoms with Gasteiger partial charge in [-0.05, 0) is 36.2 Å². The second kappa shape index (κ2) is 10.7. The van der Waals surface area contributed by atoms with Gasteiger partial charge >= 0.3 is 0 Å². The van der Waals surface area contributed by atoms with Crippen LogP contribution in [0.3, 0.4) is 0 Å². The molecule has 1 fully saturated rings. The molecule has 1 aromatic carbocycles. The number of rotatable bonds is 8. The molecule has 168 valence electrons. The van der Waals surface area contributed by atoms with Crippen LogP contribution in [0.4, 0.5) is 5.82 Å². The van der Waals surface area contributed by atoms with E-state index in [1.807, 2.05) is 25.1 Å². The molecule has 1 aliphatic heterocycles. The van der Waals surface area contributed by atoms with Crippen LogP contribution in [0.15, 0.2) is 35.5 Å². The number of nitriles is 1. The SMILES string of the molecule is COCCNc1nc(C(=O)N2C/C(=N\OC)CC2CO)ccc1-c1cccc(C#N)c1C. The Balaban J connectivity index is 1.99. The molecule has 0 spiro atoms. The number of carbonyl (C=O) groups excluding carboxylic acids is 1. The van der Waals surface area contributed by atoms with E-state index in [9.17, 15) is 15.2 Å². The van der Waals surface area contributed by atoms with Gasteiger partial charge in [-0.3, -0.25) is 4.79 Å². The van der Waals surface area contributed by atoms with Crippen molar-refractivity contribution in [2.45, 2.75) is 19.4 Å². The Morgan fingerprint density at radius 1 is 1.34 bits per heavy atom. The highest BCUT2D eigenvalue weighted by atomic mass is 16.6. The van der Waals surface area contributed by atoms with Crippen LogP contribution in [-0.4, -0.2) is 73.2 Å². The van der Waals surface area contributed by atoms with Crippen molar-refractivity contribution in [3.05, 3.63) is 47.2 Å². The van der Waals surface area contributed by atoms with Crippen molar-refractivity contribution in [1.82, 2.24) is 9.88 Å². The fraction of sp³-hybridized carbons (Fsp3) is 0.391. The molecular formula is C23H27N5O4. The molecule has 1 atom stereocenters. The summed E-state index contributed by atoms with van der Waals surface area (Å²) in [4.78, 5) is 24.2. The number of aliphatic hydroxyl groups is 1. The summed E-state index contributed by atoms with van der Waals surface area (Å²) in [5.74, 6) is 0.228. The Morgan fingerprint density at radius 2 is 2.16 bits per heavy atom. The highest BCUT2D eigenvalue weighted by Gasteiger charge is 2.34. The third-order valence-corrected chi connectivity index (χ3v) is 5.41. The topological polar surface area (TPSA) is 120 Å². The van der Waals surface area contributed by atoms with Crippen LogP contribution in [-0.2, 0) is 9.57 Å². The van der Waals surface area contributed by atoms with Gasteiger partial charge < -0.3 is 24.9 Å². The smallest absolute Gasteiger partial charge is 0.273 e. The van der Waals surface area contributed by atoms with Gasteiger partial charge in [-0.25, -0.2) is 4.98 Å². The maximum absolute atomic E-state index is 13.2. The predicted molar refractivity (Wildman–Crippen MR) is 120 cm³/mol. The van der Waals surface area contributed by atoms with Gasteiger partial charge in [-0.2, -0.15) is 5.26 Å². The highest BCUT2D eigenvalue weighted by molar-refractivity contribution is 6.00. The quantitative estimate of drug-likeness (QED) is 0.480. The van der Waals surface area contributed by atoms with E-state index in [0.29, 0.717) is 36.7 Å². The minimum atomic E-state index is -0.377. The van der Waals surface area contributed by atoms with Crippen LogP contribution < -0.4 is 5.32 Å². The number of nitrogens with zero attached hydrogens (tertiary/aromatic N) is 4. The Morgan fingerprint density at radius 3 is 2.84 bits per heavy atom. The third kappa shape index (κ3) is 4.88. The molecule has 0 aliphatic carbocycles. The zero-order chi connectivity index (χ0) is 23.1. The number of benzene rings is 1. The molecule has 9 heteroatoms. The molecule has 2 heterocycles. The number of nitrogens with one attached hydrogen (secondary N) is 1. The number of pyridine rings is 1. The number of likely N-dealkylation sites (tertiary alicyclic amines) is 1. The first-order chi connectivity index (χ1) is 15.5. The Bertz CT molecular complexity index is 1050. The maximum atomic E-state index is 13.2. The van der Waals surface area contributed by atoms with E-state index >= 15 is 0 Å². The standard InChI is InChI=1S/C23H27N5O4/c1-15-16(12-24)5-4-6-19(15)20-7-8-21(26-22(20)25-9-10-31-2)23(30)28-13-17(27-32-3)11-18(28)14-29/h4-8,18,29H,9-11,13-14H2,1-3H3,(H,25,26)/b27-17-. The van der Waals surface area contributed by atoms with E-state index in [-0.39, 0.29) is 30.8 Å². The highest BCUT2D eigenvalue weighted by Crippen LogP contribution is 2.31. The summed E-state index contributed by atoms with van der Waals surface area (Å²) in [6.07, 6.45) is 0.452. The van der Waals surface area contributed by atoms with Gasteiger partial charge in [-0.1, -0.05) is 17.3 Å². The number of hydrogen-bond acceptors (Lipinski definition) is 8. The fourth-order valence-electron chi connectivity index (χ4n) is 3.77. The normalized spacial score (nSPS) is 16.8. The number of aromatic nitrogens is 1. The summed E-state index contributed by atoms with van der Waals surface area (Å²) < 4.78 is 5.13. The number of carbonyl (C=O) groups is 1. The maximum Gasteiger partial charge on any atom is 0.273 e. The second-order valence-electron chi connectivity index (χ2n) is 7.42. The van der Waals surface area contributed by atoms with E-state index in [1.54, 1.807) is 24.1 Å². The lowest BCUT2D eigenvalue weighted by molar-refractivity contribution is 0.0674. The Labute approximate surface area is 187 Å². The van der Waals surface area contributed by atoms with Gasteiger partial charge in [0.05, 0.1) is 43.1 Å². The lowest BCUT2D eigenvalue weighted by atomic mass is 9.97. The van der Waals surface area contributed by atoms with Gasteiger partial charge in [0.25, 0.3) is 5.91 Å². The summed E-state index contributed by atoms with van der Waals surface area (Å²) in [6, 6.07) is 10.8. The van der Waals surface area contributed by atoms with Gasteiger partial charge in [0, 0.05) is 25.6 Å². The lowest BCUT2D eigenvalue weighted by Gasteiger charge is -2.22. The summed E-state index contributed by atoms with van der Waals surface area (Å²) >= 11 is 0. The number of ether oxygens (including phenoxy) is 1. The van der Waals surface area contributed by atoms with E-state index < -0.39 is 0 Å². The van der Waals surface area contributed by atoms with Gasteiger partial charge in [0.1, 0.15) is 18.6 Å². The van der Waals surface area contributed by atoms with E-state index in [4.69, 9.17) is 9.57 Å². The number of aliphatic hydroxyl groups excluding tert-OH is 1. The minimum absolute atomic E-state index is 0.175. The largest absolute Gasteiger partial charge is 0.399 e. The van der Waals surface area contributed by atoms with Crippen molar-refractivity contribution >= 4 is 17.4 Å². The molecule has 0 radical (unpaired) electrons. The van der Waals surface area contributed by atoms with Crippen molar-refractivity contribution in [1.29, 1.82) is 5.26 Å². The predicted octanol–water partition coefficient (Wildman–Crippen LogP) is 2.20. The first kappa shape index (κ1) is 23.2. The van der Waals surface area contributed by atoms with Crippen LogP contribution in [0, 0.1) is 18.3 Å². The Kier molecular flexibility index (Phi) is 7.76. The van der Waals surface area contributed by atoms with E-state index in [1.165, 1.54) is 7.11 Å². The van der Waals surface area contributed by atoms with Crippen molar-refractivity contribution in [2.24, 2.45) is 5.16 Å². The summed E-state index contributed by atoms with van der Waals surface area (Å²) in [5, 5.41) is 26.3. The first-order valence-corrected chi connectivity index (χ1v) is 10.3. The van der Waals surface area contributed by atoms with E-state index in [0.717, 1.165) is 16.7 Å². The molecule has 9 nitrogen and oxygen atoms in total. The molecule has 1 unspecified atom stereocenters. The molecule has 1 saturated heterocycles. The number of methoxy groups -OCH3 is 1. The van der Waals surface area contributed by atoms with Crippen molar-refractivity contribution in [3.8, 4) is 17.2 Å². The van der Waals surface area contributed by atoms with Crippen LogP contribution in [0.1, 0.15) is 28.0 Å². The molecule has 2 N–H and O–H groups in total. The van der Waals surface area contributed by atoms with E-state index in [2.05, 4.69) is 21.5 Å². The monoisotopic (exact) mass is 437 g/mol. The van der Waals surface area contributed by atoms with Crippen LogP contribution in [0.2, 0.25) is 0 Å². The van der Waals surface area contributed by atoms with Crippen LogP contribution >= 0.6 is 0 Å². The first-order valence-electron chi connectivity index (χ1n) is 10.3. The molecule has 1 amide bonds. The average Bonchev–Trinajstić information content (AvgIpc) is 3.22. The molecule has 1 aromatic heterocycles.